The molecule has 0 radical (unpaired) electrons. The molecule has 2 amide bonds. The van der Waals surface area contributed by atoms with Crippen molar-refractivity contribution < 1.29 is 23.8 Å². The smallest absolute Gasteiger partial charge is 0.329 e. The molecule has 0 bridgehead atoms. The molecule has 0 fully saturated rings. The van der Waals surface area contributed by atoms with Crippen molar-refractivity contribution in [2.24, 2.45) is 5.10 Å². The molecular formula is C25H24ClN3O5. The van der Waals surface area contributed by atoms with Crippen LogP contribution in [0.5, 0.6) is 17.2 Å². The highest BCUT2D eigenvalue weighted by atomic mass is 35.5. The van der Waals surface area contributed by atoms with Crippen LogP contribution >= 0.6 is 11.6 Å². The molecule has 3 aromatic rings. The van der Waals surface area contributed by atoms with E-state index in [4.69, 9.17) is 25.8 Å². The number of nitrogens with one attached hydrogen (secondary N) is 2. The van der Waals surface area contributed by atoms with Crippen molar-refractivity contribution >= 4 is 35.3 Å². The van der Waals surface area contributed by atoms with E-state index < -0.39 is 11.8 Å². The van der Waals surface area contributed by atoms with Crippen molar-refractivity contribution in [1.29, 1.82) is 0 Å². The minimum Gasteiger partial charge on any atom is -0.497 e. The molecule has 0 aliphatic carbocycles. The van der Waals surface area contributed by atoms with Crippen LogP contribution in [0.1, 0.15) is 18.1 Å². The van der Waals surface area contributed by atoms with Gasteiger partial charge in [0, 0.05) is 16.8 Å². The Morgan fingerprint density at radius 1 is 0.971 bits per heavy atom. The van der Waals surface area contributed by atoms with Crippen LogP contribution in [-0.2, 0) is 16.2 Å². The van der Waals surface area contributed by atoms with E-state index in [0.717, 1.165) is 5.56 Å². The zero-order valence-electron chi connectivity index (χ0n) is 18.7. The Balaban J connectivity index is 1.58. The molecule has 2 N–H and O–H groups in total. The summed E-state index contributed by atoms with van der Waals surface area (Å²) in [5, 5.41) is 6.99. The van der Waals surface area contributed by atoms with Gasteiger partial charge in [0.05, 0.1) is 19.9 Å². The van der Waals surface area contributed by atoms with Crippen LogP contribution in [-0.4, -0.2) is 31.7 Å². The number of anilines is 1. The molecule has 0 aliphatic heterocycles. The second-order valence-electron chi connectivity index (χ2n) is 6.94. The minimum atomic E-state index is -0.910. The number of hydrazone groups is 1. The molecular weight excluding hydrogens is 458 g/mol. The predicted octanol–water partition coefficient (Wildman–Crippen LogP) is 4.42. The first-order valence-electron chi connectivity index (χ1n) is 10.4. The van der Waals surface area contributed by atoms with Crippen LogP contribution in [0.15, 0.2) is 71.8 Å². The van der Waals surface area contributed by atoms with Crippen LogP contribution in [0.25, 0.3) is 0 Å². The standard InChI is InChI=1S/C25H24ClN3O5/c1-3-33-23-13-18(9-12-22(23)34-16-17-7-10-19(26)11-8-17)15-27-29-25(31)24(30)28-20-5-4-6-21(14-20)32-2/h4-15H,3,16H2,1-2H3,(H,28,30)(H,29,31)/b27-15+. The minimum absolute atomic E-state index is 0.350. The van der Waals surface area contributed by atoms with Gasteiger partial charge in [-0.15, -0.1) is 0 Å². The van der Waals surface area contributed by atoms with Crippen molar-refractivity contribution in [2.75, 3.05) is 19.0 Å². The third-order valence-corrected chi connectivity index (χ3v) is 4.74. The summed E-state index contributed by atoms with van der Waals surface area (Å²) in [4.78, 5) is 24.1. The Labute approximate surface area is 202 Å². The normalized spacial score (nSPS) is 10.6. The SMILES string of the molecule is CCOc1cc(/C=N/NC(=O)C(=O)Nc2cccc(OC)c2)ccc1OCc1ccc(Cl)cc1. The monoisotopic (exact) mass is 481 g/mol. The van der Waals surface area contributed by atoms with E-state index in [2.05, 4.69) is 15.8 Å². The number of benzene rings is 3. The number of carbonyl (C=O) groups is 2. The first-order valence-corrected chi connectivity index (χ1v) is 10.8. The molecule has 34 heavy (non-hydrogen) atoms. The maximum atomic E-state index is 12.1. The van der Waals surface area contributed by atoms with E-state index in [1.165, 1.54) is 13.3 Å². The fraction of sp³-hybridized carbons (Fsp3) is 0.160. The lowest BCUT2D eigenvalue weighted by molar-refractivity contribution is -0.136. The van der Waals surface area contributed by atoms with Crippen LogP contribution in [0.2, 0.25) is 5.02 Å². The number of rotatable bonds is 9. The number of hydrogen-bond donors (Lipinski definition) is 2. The Morgan fingerprint density at radius 2 is 1.76 bits per heavy atom. The molecule has 0 spiro atoms. The van der Waals surface area contributed by atoms with Crippen LogP contribution in [0.3, 0.4) is 0 Å². The highest BCUT2D eigenvalue weighted by Crippen LogP contribution is 2.29. The van der Waals surface area contributed by atoms with E-state index in [9.17, 15) is 9.59 Å². The van der Waals surface area contributed by atoms with E-state index in [1.54, 1.807) is 54.6 Å². The van der Waals surface area contributed by atoms with Crippen molar-refractivity contribution in [3.63, 3.8) is 0 Å². The molecule has 3 aromatic carbocycles. The summed E-state index contributed by atoms with van der Waals surface area (Å²) in [6.07, 6.45) is 1.40. The molecule has 0 atom stereocenters. The Hall–Kier alpha value is -4.04. The lowest BCUT2D eigenvalue weighted by atomic mass is 10.2. The molecule has 0 heterocycles. The van der Waals surface area contributed by atoms with Crippen molar-refractivity contribution in [1.82, 2.24) is 5.43 Å². The van der Waals surface area contributed by atoms with Gasteiger partial charge in [0.2, 0.25) is 0 Å². The van der Waals surface area contributed by atoms with Gasteiger partial charge in [0.1, 0.15) is 12.4 Å². The third-order valence-electron chi connectivity index (χ3n) is 4.49. The number of halogens is 1. The molecule has 0 unspecified atom stereocenters. The summed E-state index contributed by atoms with van der Waals surface area (Å²) in [5.74, 6) is -0.113. The number of nitrogens with zero attached hydrogens (tertiary/aromatic N) is 1. The average molecular weight is 482 g/mol. The van der Waals surface area contributed by atoms with E-state index >= 15 is 0 Å². The summed E-state index contributed by atoms with van der Waals surface area (Å²) in [5.41, 5.74) is 4.25. The zero-order valence-corrected chi connectivity index (χ0v) is 19.5. The predicted molar refractivity (Wildman–Crippen MR) is 131 cm³/mol. The van der Waals surface area contributed by atoms with Crippen molar-refractivity contribution in [3.8, 4) is 17.2 Å². The number of hydrogen-bond acceptors (Lipinski definition) is 6. The number of carbonyl (C=O) groups excluding carboxylic acids is 2. The van der Waals surface area contributed by atoms with E-state index in [0.29, 0.717) is 46.7 Å². The molecule has 8 nitrogen and oxygen atoms in total. The fourth-order valence-electron chi connectivity index (χ4n) is 2.84. The highest BCUT2D eigenvalue weighted by Gasteiger charge is 2.13. The molecule has 176 valence electrons. The third kappa shape index (κ3) is 7.25. The first kappa shape index (κ1) is 24.6. The summed E-state index contributed by atoms with van der Waals surface area (Å²) in [6, 6.07) is 19.3. The van der Waals surface area contributed by atoms with Gasteiger partial charge in [-0.25, -0.2) is 5.43 Å². The molecule has 0 aromatic heterocycles. The maximum absolute atomic E-state index is 12.1. The maximum Gasteiger partial charge on any atom is 0.329 e. The fourth-order valence-corrected chi connectivity index (χ4v) is 2.97. The van der Waals surface area contributed by atoms with Crippen molar-refractivity contribution in [2.45, 2.75) is 13.5 Å². The Kier molecular flexibility index (Phi) is 8.88. The van der Waals surface area contributed by atoms with Gasteiger partial charge in [0.15, 0.2) is 11.5 Å². The van der Waals surface area contributed by atoms with Gasteiger partial charge in [-0.2, -0.15) is 5.10 Å². The van der Waals surface area contributed by atoms with Gasteiger partial charge in [0.25, 0.3) is 0 Å². The molecule has 3 rings (SSSR count). The van der Waals surface area contributed by atoms with Crippen LogP contribution in [0, 0.1) is 0 Å². The van der Waals surface area contributed by atoms with Gasteiger partial charge < -0.3 is 19.5 Å². The molecule has 0 saturated carbocycles. The van der Waals surface area contributed by atoms with Gasteiger partial charge >= 0.3 is 11.8 Å². The molecule has 9 heteroatoms. The average Bonchev–Trinajstić information content (AvgIpc) is 2.84. The molecule has 0 aliphatic rings. The lowest BCUT2D eigenvalue weighted by Crippen LogP contribution is -2.32. The quantitative estimate of drug-likeness (QED) is 0.268. The molecule has 0 saturated heterocycles. The zero-order chi connectivity index (χ0) is 24.3. The second kappa shape index (κ2) is 12.3. The summed E-state index contributed by atoms with van der Waals surface area (Å²) < 4.78 is 16.6. The largest absolute Gasteiger partial charge is 0.497 e. The van der Waals surface area contributed by atoms with Gasteiger partial charge in [-0.05, 0) is 60.5 Å². The summed E-state index contributed by atoms with van der Waals surface area (Å²) in [6.45, 7) is 2.66. The van der Waals surface area contributed by atoms with Gasteiger partial charge in [-0.3, -0.25) is 9.59 Å². The van der Waals surface area contributed by atoms with Crippen LogP contribution < -0.4 is 25.0 Å². The Bertz CT molecular complexity index is 1170. The van der Waals surface area contributed by atoms with Crippen molar-refractivity contribution in [3.05, 3.63) is 82.9 Å². The topological polar surface area (TPSA) is 98.2 Å². The van der Waals surface area contributed by atoms with Gasteiger partial charge in [-0.1, -0.05) is 29.8 Å². The Morgan fingerprint density at radius 3 is 2.50 bits per heavy atom. The highest BCUT2D eigenvalue weighted by molar-refractivity contribution is 6.39. The number of ether oxygens (including phenoxy) is 3. The van der Waals surface area contributed by atoms with Crippen LogP contribution in [0.4, 0.5) is 5.69 Å². The summed E-state index contributed by atoms with van der Waals surface area (Å²) in [7, 11) is 1.51. The number of amides is 2. The lowest BCUT2D eigenvalue weighted by Gasteiger charge is -2.12. The summed E-state index contributed by atoms with van der Waals surface area (Å²) >= 11 is 5.91. The second-order valence-corrected chi connectivity index (χ2v) is 7.38. The number of methoxy groups -OCH3 is 1. The van der Waals surface area contributed by atoms with E-state index in [1.807, 2.05) is 19.1 Å². The van der Waals surface area contributed by atoms with E-state index in [-0.39, 0.29) is 0 Å². The first-order chi connectivity index (χ1) is 16.5.